The van der Waals surface area contributed by atoms with E-state index in [2.05, 4.69) is 27.4 Å². The van der Waals surface area contributed by atoms with Gasteiger partial charge in [0, 0.05) is 11.8 Å². The number of hydrogen-bond acceptors (Lipinski definition) is 3. The van der Waals surface area contributed by atoms with E-state index in [-0.39, 0.29) is 23.0 Å². The molecule has 6 fully saturated rings. The lowest BCUT2D eigenvalue weighted by molar-refractivity contribution is -0.445. The van der Waals surface area contributed by atoms with Gasteiger partial charge in [-0.05, 0) is 41.9 Å². The Morgan fingerprint density at radius 3 is 2.86 bits per heavy atom. The lowest BCUT2D eigenvalue weighted by atomic mass is 9.22. The van der Waals surface area contributed by atoms with Gasteiger partial charge in [-0.25, -0.2) is 0 Å². The standard InChI is InChI=1S/C19H26O3/c1-5-11-10(3)19(21)18-15-12(9(2)14(15)16(18)20)6-7-17(18,4)13(11)8-22-19/h10-15,21H,2,5-8H2,1,3-4H3/t10-,11-,12-,13-,14?,15-,17-,18+,19+/m0/s1. The van der Waals surface area contributed by atoms with Crippen molar-refractivity contribution in [2.24, 2.45) is 46.3 Å². The number of carbonyl (C=O) groups excluding carboxylic acids is 1. The zero-order chi connectivity index (χ0) is 15.7. The number of ketones is 1. The minimum absolute atomic E-state index is 0.0175. The predicted molar refractivity (Wildman–Crippen MR) is 81.7 cm³/mol. The van der Waals surface area contributed by atoms with Crippen LogP contribution < -0.4 is 0 Å². The molecule has 4 aliphatic carbocycles. The van der Waals surface area contributed by atoms with E-state index in [1.54, 1.807) is 0 Å². The quantitative estimate of drug-likeness (QED) is 0.758. The molecule has 1 unspecified atom stereocenters. The molecule has 1 spiro atoms. The molecule has 1 N–H and O–H groups in total. The van der Waals surface area contributed by atoms with E-state index in [1.807, 2.05) is 0 Å². The van der Waals surface area contributed by atoms with Gasteiger partial charge in [0.1, 0.15) is 0 Å². The molecule has 0 aromatic rings. The van der Waals surface area contributed by atoms with Gasteiger partial charge < -0.3 is 9.84 Å². The van der Waals surface area contributed by atoms with Gasteiger partial charge in [0.25, 0.3) is 0 Å². The normalized spacial score (nSPS) is 64.5. The van der Waals surface area contributed by atoms with Crippen LogP contribution in [0.1, 0.15) is 40.0 Å². The van der Waals surface area contributed by atoms with Crippen molar-refractivity contribution in [2.75, 3.05) is 6.61 Å². The summed E-state index contributed by atoms with van der Waals surface area (Å²) in [4.78, 5) is 13.2. The summed E-state index contributed by atoms with van der Waals surface area (Å²) in [7, 11) is 0. The van der Waals surface area contributed by atoms with Gasteiger partial charge in [0.05, 0.1) is 12.0 Å². The van der Waals surface area contributed by atoms with Crippen LogP contribution in [0.4, 0.5) is 0 Å². The topological polar surface area (TPSA) is 46.5 Å². The molecule has 2 saturated heterocycles. The first-order valence-electron chi connectivity index (χ1n) is 8.95. The maximum absolute atomic E-state index is 13.2. The number of carbonyl (C=O) groups is 1. The molecule has 0 radical (unpaired) electrons. The zero-order valence-electron chi connectivity index (χ0n) is 13.8. The van der Waals surface area contributed by atoms with Crippen LogP contribution in [0.25, 0.3) is 0 Å². The Hall–Kier alpha value is -0.670. The van der Waals surface area contributed by atoms with Crippen molar-refractivity contribution in [1.82, 2.24) is 0 Å². The van der Waals surface area contributed by atoms with Crippen molar-refractivity contribution < 1.29 is 14.6 Å². The fourth-order valence-electron chi connectivity index (χ4n) is 7.86. The van der Waals surface area contributed by atoms with Crippen molar-refractivity contribution in [3.63, 3.8) is 0 Å². The van der Waals surface area contributed by atoms with Crippen molar-refractivity contribution in [1.29, 1.82) is 0 Å². The maximum Gasteiger partial charge on any atom is 0.181 e. The van der Waals surface area contributed by atoms with Crippen LogP contribution in [0.5, 0.6) is 0 Å². The molecule has 6 aliphatic rings. The molecule has 22 heavy (non-hydrogen) atoms. The van der Waals surface area contributed by atoms with Crippen LogP contribution in [0.2, 0.25) is 0 Å². The largest absolute Gasteiger partial charge is 0.364 e. The number of allylic oxidation sites excluding steroid dienone is 1. The summed E-state index contributed by atoms with van der Waals surface area (Å²) in [6.07, 6.45) is 3.23. The molecule has 2 aliphatic heterocycles. The average molecular weight is 302 g/mol. The number of fused-ring (bicyclic) bond motifs is 2. The van der Waals surface area contributed by atoms with E-state index in [1.165, 1.54) is 0 Å². The lowest BCUT2D eigenvalue weighted by Crippen LogP contribution is -2.89. The first-order chi connectivity index (χ1) is 10.4. The third-order valence-electron chi connectivity index (χ3n) is 8.83. The minimum Gasteiger partial charge on any atom is -0.364 e. The monoisotopic (exact) mass is 302 g/mol. The van der Waals surface area contributed by atoms with Gasteiger partial charge in [-0.2, -0.15) is 0 Å². The second-order valence-corrected chi connectivity index (χ2v) is 8.79. The van der Waals surface area contributed by atoms with E-state index in [0.717, 1.165) is 24.8 Å². The highest BCUT2D eigenvalue weighted by molar-refractivity contribution is 6.01. The Bertz CT molecular complexity index is 606. The minimum atomic E-state index is -1.26. The predicted octanol–water partition coefficient (Wildman–Crippen LogP) is 2.78. The fraction of sp³-hybridized carbons (Fsp3) is 0.842. The number of ether oxygens (including phenoxy) is 1. The van der Waals surface area contributed by atoms with Crippen molar-refractivity contribution in [3.8, 4) is 0 Å². The summed E-state index contributed by atoms with van der Waals surface area (Å²) < 4.78 is 6.05. The number of hydrogen-bond donors (Lipinski definition) is 1. The highest BCUT2D eigenvalue weighted by atomic mass is 16.6. The van der Waals surface area contributed by atoms with Crippen molar-refractivity contribution in [3.05, 3.63) is 12.2 Å². The molecule has 0 aromatic carbocycles. The van der Waals surface area contributed by atoms with E-state index in [0.29, 0.717) is 30.3 Å². The van der Waals surface area contributed by atoms with Gasteiger partial charge in [-0.1, -0.05) is 39.3 Å². The second kappa shape index (κ2) is 3.54. The molecule has 9 atom stereocenters. The second-order valence-electron chi connectivity index (χ2n) is 8.79. The summed E-state index contributed by atoms with van der Waals surface area (Å²) in [5.41, 5.74) is 0.387. The molecule has 3 nitrogen and oxygen atoms in total. The van der Waals surface area contributed by atoms with Crippen LogP contribution in [0, 0.1) is 46.3 Å². The van der Waals surface area contributed by atoms with E-state index in [4.69, 9.17) is 4.74 Å². The summed E-state index contributed by atoms with van der Waals surface area (Å²) in [6, 6.07) is 0. The first kappa shape index (κ1) is 13.7. The fourth-order valence-corrected chi connectivity index (χ4v) is 7.86. The van der Waals surface area contributed by atoms with Gasteiger partial charge >= 0.3 is 0 Å². The molecule has 0 aromatic heterocycles. The highest BCUT2D eigenvalue weighted by Crippen LogP contribution is 2.84. The van der Waals surface area contributed by atoms with Crippen LogP contribution >= 0.6 is 0 Å². The van der Waals surface area contributed by atoms with Crippen molar-refractivity contribution in [2.45, 2.75) is 45.8 Å². The van der Waals surface area contributed by atoms with Crippen LogP contribution in [0.15, 0.2) is 12.2 Å². The maximum atomic E-state index is 13.2. The van der Waals surface area contributed by atoms with Gasteiger partial charge in [-0.3, -0.25) is 4.79 Å². The molecule has 6 rings (SSSR count). The number of Topliss-reactive ketones (excluding diaryl/α,β-unsaturated/α-hetero) is 1. The average Bonchev–Trinajstić information content (AvgIpc) is 2.47. The van der Waals surface area contributed by atoms with E-state index in [9.17, 15) is 9.90 Å². The lowest BCUT2D eigenvalue weighted by Gasteiger charge is -2.82. The SMILES string of the molecule is C=C1C2C(=O)[C@]34[C@H]2[C@H]1CC[C@@]3(C)[C@H]1CO[C@]4(O)[C@@H](C)[C@@H]1CC. The number of rotatable bonds is 1. The summed E-state index contributed by atoms with van der Waals surface area (Å²) in [5.74, 6) is 0.645. The van der Waals surface area contributed by atoms with Crippen LogP contribution in [-0.4, -0.2) is 23.3 Å². The molecule has 120 valence electrons. The van der Waals surface area contributed by atoms with Gasteiger partial charge in [0.2, 0.25) is 0 Å². The van der Waals surface area contributed by atoms with Crippen LogP contribution in [0.3, 0.4) is 0 Å². The van der Waals surface area contributed by atoms with Crippen molar-refractivity contribution >= 4 is 5.78 Å². The Balaban J connectivity index is 1.74. The summed E-state index contributed by atoms with van der Waals surface area (Å²) >= 11 is 0. The molecule has 2 heterocycles. The highest BCUT2D eigenvalue weighted by Gasteiger charge is 2.89. The van der Waals surface area contributed by atoms with Gasteiger partial charge in [-0.15, -0.1) is 0 Å². The van der Waals surface area contributed by atoms with E-state index < -0.39 is 11.2 Å². The smallest absolute Gasteiger partial charge is 0.181 e. The first-order valence-corrected chi connectivity index (χ1v) is 8.95. The summed E-state index contributed by atoms with van der Waals surface area (Å²) in [6.45, 7) is 11.4. The molecule has 3 heteroatoms. The summed E-state index contributed by atoms with van der Waals surface area (Å²) in [5, 5.41) is 11.7. The Kier molecular flexibility index (Phi) is 2.21. The van der Waals surface area contributed by atoms with Gasteiger partial charge in [0.15, 0.2) is 11.6 Å². The third-order valence-corrected chi connectivity index (χ3v) is 8.83. The zero-order valence-corrected chi connectivity index (χ0v) is 13.8. The third kappa shape index (κ3) is 0.935. The molecular formula is C19H26O3. The molecule has 4 saturated carbocycles. The Labute approximate surface area is 132 Å². The molecule has 0 amide bonds. The molecular weight excluding hydrogens is 276 g/mol. The Morgan fingerprint density at radius 2 is 2.18 bits per heavy atom. The van der Waals surface area contributed by atoms with Crippen LogP contribution in [-0.2, 0) is 9.53 Å². The Morgan fingerprint density at radius 1 is 1.45 bits per heavy atom. The molecule has 2 bridgehead atoms. The number of aliphatic hydroxyl groups is 1. The van der Waals surface area contributed by atoms with E-state index >= 15 is 0 Å².